The Morgan fingerprint density at radius 3 is 1.98 bits per heavy atom. The highest BCUT2D eigenvalue weighted by molar-refractivity contribution is 6.42. The molecule has 1 aliphatic heterocycles. The van der Waals surface area contributed by atoms with Crippen LogP contribution >= 0.6 is 23.2 Å². The zero-order chi connectivity index (χ0) is 28.4. The van der Waals surface area contributed by atoms with Gasteiger partial charge in [-0.25, -0.2) is 9.80 Å². The lowest BCUT2D eigenvalue weighted by atomic mass is 9.81. The summed E-state index contributed by atoms with van der Waals surface area (Å²) in [4.78, 5) is 66.0. The first kappa shape index (κ1) is 27.6. The molecule has 2 atom stereocenters. The number of esters is 1. The van der Waals surface area contributed by atoms with Crippen LogP contribution < -0.4 is 4.74 Å². The largest absolute Gasteiger partial charge is 0.423 e. The number of hydrogen-bond acceptors (Lipinski definition) is 6. The maximum Gasteiger partial charge on any atom is 0.343 e. The smallest absolute Gasteiger partial charge is 0.343 e. The summed E-state index contributed by atoms with van der Waals surface area (Å²) in [5.41, 5.74) is 0.642. The summed E-state index contributed by atoms with van der Waals surface area (Å²) < 4.78 is 5.36. The normalized spacial score (nSPS) is 18.3. The maximum absolute atomic E-state index is 13.6. The fourth-order valence-electron chi connectivity index (χ4n) is 5.07. The van der Waals surface area contributed by atoms with E-state index in [1.165, 1.54) is 42.5 Å². The van der Waals surface area contributed by atoms with Gasteiger partial charge in [-0.1, -0.05) is 54.2 Å². The molecule has 40 heavy (non-hydrogen) atoms. The summed E-state index contributed by atoms with van der Waals surface area (Å²) >= 11 is 12.1. The van der Waals surface area contributed by atoms with E-state index in [9.17, 15) is 24.0 Å². The number of rotatable bonds is 7. The van der Waals surface area contributed by atoms with Crippen LogP contribution in [-0.4, -0.2) is 46.0 Å². The summed E-state index contributed by atoms with van der Waals surface area (Å²) in [6.45, 7) is -0.570. The molecule has 3 aromatic rings. The van der Waals surface area contributed by atoms with Gasteiger partial charge in [0.15, 0.2) is 5.78 Å². The van der Waals surface area contributed by atoms with Crippen LogP contribution in [0, 0.1) is 11.8 Å². The van der Waals surface area contributed by atoms with Crippen LogP contribution in [0.4, 0.5) is 0 Å². The monoisotopic (exact) mass is 578 g/mol. The second-order valence-electron chi connectivity index (χ2n) is 9.68. The third-order valence-electron chi connectivity index (χ3n) is 7.15. The van der Waals surface area contributed by atoms with E-state index < -0.39 is 47.9 Å². The van der Waals surface area contributed by atoms with Crippen LogP contribution in [0.2, 0.25) is 10.0 Å². The number of fused-ring (bicyclic) bond motifs is 1. The average Bonchev–Trinajstić information content (AvgIpc) is 3.23. The molecule has 2 fully saturated rings. The van der Waals surface area contributed by atoms with Crippen LogP contribution in [0.5, 0.6) is 5.75 Å². The second-order valence-corrected chi connectivity index (χ2v) is 10.5. The molecule has 0 radical (unpaired) electrons. The van der Waals surface area contributed by atoms with Crippen molar-refractivity contribution in [3.8, 4) is 5.75 Å². The van der Waals surface area contributed by atoms with Crippen molar-refractivity contribution in [2.24, 2.45) is 11.8 Å². The minimum absolute atomic E-state index is 0.0702. The Kier molecular flexibility index (Phi) is 8.00. The van der Waals surface area contributed by atoms with Gasteiger partial charge in [0, 0.05) is 11.1 Å². The molecule has 0 spiro atoms. The minimum atomic E-state index is -0.735. The molecular weight excluding hydrogens is 555 g/mol. The Morgan fingerprint density at radius 1 is 0.775 bits per heavy atom. The van der Waals surface area contributed by atoms with E-state index in [1.807, 2.05) is 0 Å². The van der Waals surface area contributed by atoms with Crippen LogP contribution in [0.3, 0.4) is 0 Å². The lowest BCUT2D eigenvalue weighted by molar-refractivity contribution is -0.154. The van der Waals surface area contributed by atoms with Gasteiger partial charge in [-0.3, -0.25) is 19.2 Å². The topological polar surface area (TPSA) is 101 Å². The predicted molar refractivity (Wildman–Crippen MR) is 147 cm³/mol. The van der Waals surface area contributed by atoms with Gasteiger partial charge in [0.05, 0.1) is 27.4 Å². The van der Waals surface area contributed by atoms with Crippen molar-refractivity contribution in [3.05, 3.63) is 99.5 Å². The molecule has 8 nitrogen and oxygen atoms in total. The molecule has 1 heterocycles. The number of halogens is 2. The molecule has 10 heteroatoms. The zero-order valence-electron chi connectivity index (χ0n) is 21.2. The highest BCUT2D eigenvalue weighted by atomic mass is 35.5. The van der Waals surface area contributed by atoms with E-state index in [4.69, 9.17) is 27.9 Å². The van der Waals surface area contributed by atoms with Gasteiger partial charge in [0.2, 0.25) is 0 Å². The van der Waals surface area contributed by atoms with E-state index in [0.717, 1.165) is 22.9 Å². The van der Waals surface area contributed by atoms with Crippen molar-refractivity contribution in [1.82, 2.24) is 10.0 Å². The number of hydrogen-bond donors (Lipinski definition) is 0. The molecule has 3 amide bonds. The summed E-state index contributed by atoms with van der Waals surface area (Å²) in [5, 5.41) is 2.08. The SMILES string of the molecule is O=C(CN(C(=O)c1ccc(Cl)c(Cl)c1)N1C(=O)[C@@H]2CCCC[C@H]2C1=O)c1ccc(OC(=O)c2ccccc2)cc1. The molecule has 0 unspecified atom stereocenters. The van der Waals surface area contributed by atoms with E-state index in [0.29, 0.717) is 18.4 Å². The van der Waals surface area contributed by atoms with Gasteiger partial charge in [-0.15, -0.1) is 0 Å². The van der Waals surface area contributed by atoms with Crippen molar-refractivity contribution >= 4 is 52.7 Å². The number of benzene rings is 3. The van der Waals surface area contributed by atoms with Crippen LogP contribution in [0.25, 0.3) is 0 Å². The highest BCUT2D eigenvalue weighted by Crippen LogP contribution is 2.39. The highest BCUT2D eigenvalue weighted by Gasteiger charge is 2.51. The number of Topliss-reactive ketones (excluding diaryl/α,β-unsaturated/α-hetero) is 1. The second kappa shape index (κ2) is 11.6. The van der Waals surface area contributed by atoms with Gasteiger partial charge in [-0.2, -0.15) is 5.01 Å². The van der Waals surface area contributed by atoms with Crippen LogP contribution in [0.1, 0.15) is 56.8 Å². The predicted octanol–water partition coefficient (Wildman–Crippen LogP) is 5.63. The number of nitrogens with zero attached hydrogens (tertiary/aromatic N) is 2. The van der Waals surface area contributed by atoms with E-state index in [2.05, 4.69) is 0 Å². The van der Waals surface area contributed by atoms with Gasteiger partial charge in [-0.05, 0) is 67.4 Å². The quantitative estimate of drug-likeness (QED) is 0.156. The third-order valence-corrected chi connectivity index (χ3v) is 7.89. The standard InChI is InChI=1S/C30H24Cl2N2O6/c31-24-15-12-20(16-25(24)32)27(36)33(34-28(37)22-8-4-5-9-23(22)29(34)38)17-26(35)18-10-13-21(14-11-18)40-30(39)19-6-2-1-3-7-19/h1-3,6-7,10-16,22-23H,4-5,8-9,17H2/t22-,23-/m1/s1. The molecule has 0 bridgehead atoms. The Balaban J connectivity index is 1.39. The number of amides is 3. The summed E-state index contributed by atoms with van der Waals surface area (Å²) in [6, 6.07) is 18.5. The first-order chi connectivity index (χ1) is 19.2. The zero-order valence-corrected chi connectivity index (χ0v) is 22.7. The van der Waals surface area contributed by atoms with Crippen LogP contribution in [0.15, 0.2) is 72.8 Å². The average molecular weight is 579 g/mol. The van der Waals surface area contributed by atoms with Gasteiger partial charge >= 0.3 is 5.97 Å². The Morgan fingerprint density at radius 2 is 1.38 bits per heavy atom. The van der Waals surface area contributed by atoms with Crippen molar-refractivity contribution in [3.63, 3.8) is 0 Å². The van der Waals surface area contributed by atoms with Gasteiger partial charge < -0.3 is 4.74 Å². The fourth-order valence-corrected chi connectivity index (χ4v) is 5.37. The summed E-state index contributed by atoms with van der Waals surface area (Å²) in [5.74, 6) is -3.59. The first-order valence-electron chi connectivity index (χ1n) is 12.8. The lowest BCUT2D eigenvalue weighted by Gasteiger charge is -2.30. The number of ketones is 1. The molecule has 1 saturated carbocycles. The molecule has 3 aromatic carbocycles. The Labute approximate surface area is 240 Å². The number of hydrazine groups is 1. The number of imide groups is 1. The summed E-state index contributed by atoms with van der Waals surface area (Å²) in [7, 11) is 0. The molecule has 5 rings (SSSR count). The molecule has 1 saturated heterocycles. The molecular formula is C30H24Cl2N2O6. The van der Waals surface area contributed by atoms with Crippen LogP contribution in [-0.2, 0) is 9.59 Å². The number of carbonyl (C=O) groups excluding carboxylic acids is 5. The van der Waals surface area contributed by atoms with E-state index in [-0.39, 0.29) is 26.9 Å². The Bertz CT molecular complexity index is 1470. The minimum Gasteiger partial charge on any atom is -0.423 e. The molecule has 2 aliphatic rings. The Hall–Kier alpha value is -4.01. The van der Waals surface area contributed by atoms with Crippen molar-refractivity contribution in [1.29, 1.82) is 0 Å². The first-order valence-corrected chi connectivity index (χ1v) is 13.6. The third kappa shape index (κ3) is 5.50. The van der Waals surface area contributed by atoms with Crippen molar-refractivity contribution in [2.75, 3.05) is 6.54 Å². The number of carbonyl (C=O) groups is 5. The summed E-state index contributed by atoms with van der Waals surface area (Å²) in [6.07, 6.45) is 2.74. The lowest BCUT2D eigenvalue weighted by Crippen LogP contribution is -2.52. The molecule has 0 N–H and O–H groups in total. The maximum atomic E-state index is 13.6. The van der Waals surface area contributed by atoms with Gasteiger partial charge in [0.25, 0.3) is 17.7 Å². The van der Waals surface area contributed by atoms with E-state index >= 15 is 0 Å². The molecule has 0 aromatic heterocycles. The molecule has 1 aliphatic carbocycles. The fraction of sp³-hybridized carbons (Fsp3) is 0.233. The number of ether oxygens (including phenoxy) is 1. The molecule has 204 valence electrons. The van der Waals surface area contributed by atoms with Crippen molar-refractivity contribution < 1.29 is 28.7 Å². The van der Waals surface area contributed by atoms with Gasteiger partial charge in [0.1, 0.15) is 12.3 Å². The van der Waals surface area contributed by atoms with Crippen molar-refractivity contribution in [2.45, 2.75) is 25.7 Å². The van der Waals surface area contributed by atoms with E-state index in [1.54, 1.807) is 30.3 Å².